The summed E-state index contributed by atoms with van der Waals surface area (Å²) in [5.74, 6) is 0.851. The summed E-state index contributed by atoms with van der Waals surface area (Å²) in [6.45, 7) is 0. The van der Waals surface area contributed by atoms with Crippen LogP contribution in [0.1, 0.15) is 0 Å². The minimum atomic E-state index is 0.851. The molecule has 0 saturated heterocycles. The molecule has 4 heterocycles. The molecule has 0 bridgehead atoms. The van der Waals surface area contributed by atoms with Crippen molar-refractivity contribution >= 4 is 60.4 Å². The minimum absolute atomic E-state index is 0.851. The molecule has 318 valence electrons. The highest BCUT2D eigenvalue weighted by atomic mass is 15.2. The van der Waals surface area contributed by atoms with E-state index in [9.17, 15) is 0 Å². The third-order valence-corrected chi connectivity index (χ3v) is 13.8. The molecule has 4 aromatic heterocycles. The molecular formula is C63H41N5. The second-order valence-electron chi connectivity index (χ2n) is 17.6. The van der Waals surface area contributed by atoms with Crippen LogP contribution in [-0.4, -0.2) is 23.1 Å². The summed E-state index contributed by atoms with van der Waals surface area (Å²) >= 11 is 0. The van der Waals surface area contributed by atoms with Gasteiger partial charge in [-0.1, -0.05) is 164 Å². The van der Waals surface area contributed by atoms with Gasteiger partial charge in [0, 0.05) is 49.7 Å². The van der Waals surface area contributed by atoms with E-state index in [1.807, 2.05) is 0 Å². The molecule has 68 heavy (non-hydrogen) atoms. The molecule has 0 fully saturated rings. The van der Waals surface area contributed by atoms with E-state index in [0.717, 1.165) is 84.2 Å². The predicted octanol–water partition coefficient (Wildman–Crippen LogP) is 16.1. The van der Waals surface area contributed by atoms with Crippen LogP contribution in [0.25, 0.3) is 122 Å². The molecule has 14 aromatic rings. The van der Waals surface area contributed by atoms with Crippen LogP contribution < -0.4 is 0 Å². The normalized spacial score (nSPS) is 11.8. The molecule has 0 unspecified atom stereocenters. The molecule has 0 atom stereocenters. The van der Waals surface area contributed by atoms with E-state index in [-0.39, 0.29) is 0 Å². The number of rotatable bonds is 7. The van der Waals surface area contributed by atoms with Crippen molar-refractivity contribution in [2.75, 3.05) is 0 Å². The number of aromatic nitrogens is 5. The molecule has 5 nitrogen and oxygen atoms in total. The monoisotopic (exact) mass is 867 g/mol. The summed E-state index contributed by atoms with van der Waals surface area (Å²) in [7, 11) is 0. The molecule has 0 aliphatic heterocycles. The molecule has 0 aliphatic rings. The molecule has 0 N–H and O–H groups in total. The fraction of sp³-hybridized carbons (Fsp3) is 0. The van der Waals surface area contributed by atoms with Crippen molar-refractivity contribution in [3.63, 3.8) is 0 Å². The third-order valence-electron chi connectivity index (χ3n) is 13.8. The average Bonchev–Trinajstić information content (AvgIpc) is 4.15. The van der Waals surface area contributed by atoms with E-state index < -0.39 is 0 Å². The lowest BCUT2D eigenvalue weighted by Gasteiger charge is -2.13. The number of hydrogen-bond acceptors (Lipinski definition) is 1. The van der Waals surface area contributed by atoms with Crippen LogP contribution in [0, 0.1) is 0 Å². The third kappa shape index (κ3) is 5.79. The second kappa shape index (κ2) is 15.2. The van der Waals surface area contributed by atoms with Gasteiger partial charge < -0.3 is 9.13 Å². The zero-order valence-electron chi connectivity index (χ0n) is 36.9. The highest BCUT2D eigenvalue weighted by Gasteiger charge is 2.26. The zero-order valence-corrected chi connectivity index (χ0v) is 36.9. The van der Waals surface area contributed by atoms with Crippen molar-refractivity contribution in [2.45, 2.75) is 0 Å². The largest absolute Gasteiger partial charge is 0.309 e. The molecule has 14 rings (SSSR count). The highest BCUT2D eigenvalue weighted by molar-refractivity contribution is 6.12. The Kier molecular flexibility index (Phi) is 8.52. The number of benzene rings is 10. The molecular weight excluding hydrogens is 827 g/mol. The zero-order chi connectivity index (χ0) is 44.7. The van der Waals surface area contributed by atoms with Crippen molar-refractivity contribution in [1.82, 2.24) is 23.1 Å². The Morgan fingerprint density at radius 2 is 0.691 bits per heavy atom. The van der Waals surface area contributed by atoms with Crippen molar-refractivity contribution in [2.24, 2.45) is 0 Å². The molecule has 0 radical (unpaired) electrons. The Morgan fingerprint density at radius 1 is 0.265 bits per heavy atom. The van der Waals surface area contributed by atoms with E-state index >= 15 is 0 Å². The van der Waals surface area contributed by atoms with Gasteiger partial charge >= 0.3 is 0 Å². The lowest BCUT2D eigenvalue weighted by Crippen LogP contribution is -1.95. The maximum atomic E-state index is 5.78. The van der Waals surface area contributed by atoms with Gasteiger partial charge in [0.2, 0.25) is 5.78 Å². The van der Waals surface area contributed by atoms with Crippen molar-refractivity contribution in [3.05, 3.63) is 249 Å². The van der Waals surface area contributed by atoms with Gasteiger partial charge in [0.15, 0.2) is 0 Å². The van der Waals surface area contributed by atoms with Crippen LogP contribution in [0.3, 0.4) is 0 Å². The summed E-state index contributed by atoms with van der Waals surface area (Å²) in [4.78, 5) is 5.78. The maximum absolute atomic E-state index is 5.78. The summed E-state index contributed by atoms with van der Waals surface area (Å²) < 4.78 is 9.49. The van der Waals surface area contributed by atoms with Crippen LogP contribution in [-0.2, 0) is 0 Å². The van der Waals surface area contributed by atoms with Crippen molar-refractivity contribution in [3.8, 4) is 61.8 Å². The molecule has 0 amide bonds. The summed E-state index contributed by atoms with van der Waals surface area (Å²) in [5.41, 5.74) is 18.9. The summed E-state index contributed by atoms with van der Waals surface area (Å²) in [5, 5.41) is 4.84. The first-order valence-electron chi connectivity index (χ1n) is 23.2. The number of fused-ring (bicyclic) bond motifs is 9. The van der Waals surface area contributed by atoms with Gasteiger partial charge in [0.25, 0.3) is 0 Å². The van der Waals surface area contributed by atoms with E-state index in [4.69, 9.17) is 4.98 Å². The highest BCUT2D eigenvalue weighted by Crippen LogP contribution is 2.44. The van der Waals surface area contributed by atoms with Crippen LogP contribution in [0.4, 0.5) is 0 Å². The van der Waals surface area contributed by atoms with Gasteiger partial charge in [-0.25, -0.2) is 4.98 Å². The Hall–Kier alpha value is -9.19. The minimum Gasteiger partial charge on any atom is -0.309 e. The van der Waals surface area contributed by atoms with Crippen LogP contribution in [0.15, 0.2) is 249 Å². The molecule has 0 saturated carbocycles. The number of para-hydroxylation sites is 5. The van der Waals surface area contributed by atoms with Gasteiger partial charge in [-0.15, -0.1) is 0 Å². The van der Waals surface area contributed by atoms with E-state index in [0.29, 0.717) is 0 Å². The second-order valence-corrected chi connectivity index (χ2v) is 17.6. The van der Waals surface area contributed by atoms with Crippen molar-refractivity contribution in [1.29, 1.82) is 0 Å². The standard InChI is InChI=1S/C63H41N5/c1-5-19-42(20-6-1)49-27-13-14-30-52(49)62-61(45-35-37-58-54(40-45)51-29-16-18-32-56(51)66(58)47-23-9-3-10-24-47)64-63-67(48-25-11-4-12-26-48)59-38-34-44(41-60(59)68(62)63)43-33-36-57-53(39-43)50-28-15-17-31-55(50)65(57)46-21-7-2-8-22-46/h1-41H. The van der Waals surface area contributed by atoms with Crippen LogP contribution in [0.2, 0.25) is 0 Å². The van der Waals surface area contributed by atoms with Gasteiger partial charge in [0.05, 0.1) is 44.5 Å². The lowest BCUT2D eigenvalue weighted by atomic mass is 9.95. The van der Waals surface area contributed by atoms with Crippen LogP contribution >= 0.6 is 0 Å². The quantitative estimate of drug-likeness (QED) is 0.157. The van der Waals surface area contributed by atoms with E-state index in [1.54, 1.807) is 0 Å². The topological polar surface area (TPSA) is 32.1 Å². The fourth-order valence-electron chi connectivity index (χ4n) is 10.8. The Morgan fingerprint density at radius 3 is 1.28 bits per heavy atom. The van der Waals surface area contributed by atoms with Gasteiger partial charge in [0.1, 0.15) is 0 Å². The maximum Gasteiger partial charge on any atom is 0.220 e. The van der Waals surface area contributed by atoms with Crippen molar-refractivity contribution < 1.29 is 0 Å². The van der Waals surface area contributed by atoms with Gasteiger partial charge in [-0.3, -0.25) is 8.97 Å². The molecule has 0 spiro atoms. The Balaban J connectivity index is 1.06. The lowest BCUT2D eigenvalue weighted by molar-refractivity contribution is 1.10. The van der Waals surface area contributed by atoms with Gasteiger partial charge in [-0.2, -0.15) is 0 Å². The number of hydrogen-bond donors (Lipinski definition) is 0. The molecule has 0 aliphatic carbocycles. The van der Waals surface area contributed by atoms with Gasteiger partial charge in [-0.05, 0) is 107 Å². The number of imidazole rings is 2. The fourth-order valence-corrected chi connectivity index (χ4v) is 10.8. The number of nitrogens with zero attached hydrogens (tertiary/aromatic N) is 5. The SMILES string of the molecule is c1ccc(-c2ccccc2-c2c(-c3ccc4c(c3)c3ccccc3n4-c3ccccc3)nc3n(-c4ccccc4)c4ccc(-c5ccc6c(c5)c5ccccc5n6-c5ccccc5)cc4n23)cc1. The molecule has 5 heteroatoms. The van der Waals surface area contributed by atoms with E-state index in [1.165, 1.54) is 38.1 Å². The smallest absolute Gasteiger partial charge is 0.220 e. The average molecular weight is 868 g/mol. The summed E-state index contributed by atoms with van der Waals surface area (Å²) in [6.07, 6.45) is 0. The first-order chi connectivity index (χ1) is 33.8. The predicted molar refractivity (Wildman–Crippen MR) is 282 cm³/mol. The first kappa shape index (κ1) is 38.1. The molecule has 10 aromatic carbocycles. The summed E-state index contributed by atoms with van der Waals surface area (Å²) in [6, 6.07) is 89.8. The van der Waals surface area contributed by atoms with E-state index in [2.05, 4.69) is 267 Å². The Labute approximate surface area is 392 Å². The first-order valence-corrected chi connectivity index (χ1v) is 23.2. The Bertz CT molecular complexity index is 4230. The van der Waals surface area contributed by atoms with Crippen LogP contribution in [0.5, 0.6) is 0 Å².